The van der Waals surface area contributed by atoms with Crippen LogP contribution in [0.15, 0.2) is 36.7 Å². The van der Waals surface area contributed by atoms with Gasteiger partial charge in [0.2, 0.25) is 0 Å². The van der Waals surface area contributed by atoms with Gasteiger partial charge in [-0.25, -0.2) is 4.39 Å². The number of nitrogens with zero attached hydrogens (tertiary/aromatic N) is 2. The Balaban J connectivity index is 1.84. The predicted molar refractivity (Wildman–Crippen MR) is 81.9 cm³/mol. The van der Waals surface area contributed by atoms with Gasteiger partial charge >= 0.3 is 0 Å². The van der Waals surface area contributed by atoms with Crippen LogP contribution >= 0.6 is 0 Å². The van der Waals surface area contributed by atoms with E-state index in [9.17, 15) is 4.39 Å². The number of aryl methyl sites for hydroxylation is 1. The van der Waals surface area contributed by atoms with E-state index in [1.165, 1.54) is 11.1 Å². The van der Waals surface area contributed by atoms with Crippen molar-refractivity contribution in [2.24, 2.45) is 0 Å². The van der Waals surface area contributed by atoms with Crippen molar-refractivity contribution in [3.05, 3.63) is 53.6 Å². The van der Waals surface area contributed by atoms with Crippen molar-refractivity contribution in [2.45, 2.75) is 38.1 Å². The lowest BCUT2D eigenvalue weighted by atomic mass is 9.78. The van der Waals surface area contributed by atoms with E-state index >= 15 is 0 Å². The summed E-state index contributed by atoms with van der Waals surface area (Å²) >= 11 is 0. The quantitative estimate of drug-likeness (QED) is 0.935. The number of rotatable bonds is 4. The summed E-state index contributed by atoms with van der Waals surface area (Å²) in [6.07, 6.45) is 6.37. The largest absolute Gasteiger partial charge is 0.316 e. The molecule has 112 valence electrons. The van der Waals surface area contributed by atoms with Gasteiger partial charge in [0.15, 0.2) is 0 Å². The second-order valence-corrected chi connectivity index (χ2v) is 5.79. The van der Waals surface area contributed by atoms with E-state index in [0.29, 0.717) is 11.8 Å². The molecule has 4 heteroatoms. The van der Waals surface area contributed by atoms with Crippen LogP contribution in [0.2, 0.25) is 0 Å². The summed E-state index contributed by atoms with van der Waals surface area (Å²) < 4.78 is 15.2. The third-order valence-electron chi connectivity index (χ3n) is 4.31. The molecule has 2 unspecified atom stereocenters. The lowest BCUT2D eigenvalue weighted by Gasteiger charge is -2.32. The Labute approximate surface area is 125 Å². The van der Waals surface area contributed by atoms with Crippen molar-refractivity contribution >= 4 is 0 Å². The van der Waals surface area contributed by atoms with Crippen molar-refractivity contribution in [1.82, 2.24) is 15.1 Å². The third-order valence-corrected chi connectivity index (χ3v) is 4.31. The van der Waals surface area contributed by atoms with Crippen molar-refractivity contribution in [3.63, 3.8) is 0 Å². The van der Waals surface area contributed by atoms with Gasteiger partial charge in [-0.1, -0.05) is 19.1 Å². The summed E-state index contributed by atoms with van der Waals surface area (Å²) in [5.41, 5.74) is 2.51. The summed E-state index contributed by atoms with van der Waals surface area (Å²) in [5, 5.41) is 7.92. The van der Waals surface area contributed by atoms with Crippen molar-refractivity contribution in [2.75, 3.05) is 13.1 Å². The van der Waals surface area contributed by atoms with Gasteiger partial charge < -0.3 is 5.32 Å². The predicted octanol–water partition coefficient (Wildman–Crippen LogP) is 3.29. The summed E-state index contributed by atoms with van der Waals surface area (Å²) in [6.45, 7) is 5.09. The first-order chi connectivity index (χ1) is 10.3. The first kappa shape index (κ1) is 14.3. The number of nitrogens with one attached hydrogen (secondary N) is 1. The molecule has 2 heterocycles. The Morgan fingerprint density at radius 3 is 2.81 bits per heavy atom. The Morgan fingerprint density at radius 2 is 2.05 bits per heavy atom. The Morgan fingerprint density at radius 1 is 1.24 bits per heavy atom. The van der Waals surface area contributed by atoms with Crippen LogP contribution in [0.5, 0.6) is 0 Å². The molecule has 1 aromatic heterocycles. The van der Waals surface area contributed by atoms with Gasteiger partial charge in [0.1, 0.15) is 5.82 Å². The molecule has 3 rings (SSSR count). The summed E-state index contributed by atoms with van der Waals surface area (Å²) in [5.74, 6) is 0.677. The highest BCUT2D eigenvalue weighted by molar-refractivity contribution is 5.28. The van der Waals surface area contributed by atoms with E-state index in [0.717, 1.165) is 32.5 Å². The van der Waals surface area contributed by atoms with Crippen LogP contribution in [0, 0.1) is 5.82 Å². The monoisotopic (exact) mass is 287 g/mol. The minimum absolute atomic E-state index is 0.171. The number of hydrogen-bond donors (Lipinski definition) is 1. The number of hydrogen-bond acceptors (Lipinski definition) is 2. The van der Waals surface area contributed by atoms with E-state index in [1.807, 2.05) is 23.0 Å². The van der Waals surface area contributed by atoms with Crippen molar-refractivity contribution in [3.8, 4) is 0 Å². The number of halogens is 1. The van der Waals surface area contributed by atoms with Gasteiger partial charge in [-0.05, 0) is 48.6 Å². The minimum Gasteiger partial charge on any atom is -0.316 e. The van der Waals surface area contributed by atoms with Gasteiger partial charge in [0.05, 0.1) is 6.20 Å². The van der Waals surface area contributed by atoms with Gasteiger partial charge in [-0.15, -0.1) is 0 Å². The minimum atomic E-state index is -0.171. The fraction of sp³-hybridized carbons (Fsp3) is 0.471. The molecule has 0 amide bonds. The van der Waals surface area contributed by atoms with Crippen LogP contribution in [0.1, 0.15) is 42.7 Å². The number of aromatic nitrogens is 2. The molecular weight excluding hydrogens is 265 g/mol. The molecule has 1 aliphatic heterocycles. The van der Waals surface area contributed by atoms with Gasteiger partial charge in [0.25, 0.3) is 0 Å². The fourth-order valence-electron chi connectivity index (χ4n) is 3.24. The highest BCUT2D eigenvalue weighted by atomic mass is 19.1. The normalized spacial score (nSPS) is 22.4. The smallest absolute Gasteiger partial charge is 0.123 e. The maximum atomic E-state index is 13.1. The van der Waals surface area contributed by atoms with Crippen LogP contribution in [-0.2, 0) is 6.54 Å². The Kier molecular flexibility index (Phi) is 4.34. The average molecular weight is 287 g/mol. The molecule has 1 aromatic carbocycles. The molecule has 3 nitrogen and oxygen atoms in total. The van der Waals surface area contributed by atoms with Crippen molar-refractivity contribution < 1.29 is 4.39 Å². The third kappa shape index (κ3) is 3.16. The molecular formula is C17H22FN3. The summed E-state index contributed by atoms with van der Waals surface area (Å²) in [6, 6.07) is 6.94. The van der Waals surface area contributed by atoms with Gasteiger partial charge in [-0.3, -0.25) is 4.68 Å². The zero-order valence-electron chi connectivity index (χ0n) is 12.4. The second-order valence-electron chi connectivity index (χ2n) is 5.79. The molecule has 0 saturated carbocycles. The lowest BCUT2D eigenvalue weighted by molar-refractivity contribution is 0.403. The van der Waals surface area contributed by atoms with Crippen LogP contribution in [0.25, 0.3) is 0 Å². The highest BCUT2D eigenvalue weighted by Gasteiger charge is 2.28. The maximum absolute atomic E-state index is 13.1. The van der Waals surface area contributed by atoms with Gasteiger partial charge in [-0.2, -0.15) is 5.10 Å². The van der Waals surface area contributed by atoms with E-state index in [-0.39, 0.29) is 5.82 Å². The zero-order chi connectivity index (χ0) is 14.7. The molecule has 1 saturated heterocycles. The van der Waals surface area contributed by atoms with Crippen LogP contribution in [-0.4, -0.2) is 22.9 Å². The molecule has 1 N–H and O–H groups in total. The van der Waals surface area contributed by atoms with Gasteiger partial charge in [0, 0.05) is 25.2 Å². The van der Waals surface area contributed by atoms with Crippen molar-refractivity contribution in [1.29, 1.82) is 0 Å². The van der Waals surface area contributed by atoms with Crippen LogP contribution < -0.4 is 5.32 Å². The second kappa shape index (κ2) is 6.39. The molecule has 1 fully saturated rings. The number of benzene rings is 1. The Hall–Kier alpha value is -1.68. The molecule has 0 aliphatic carbocycles. The molecule has 21 heavy (non-hydrogen) atoms. The lowest BCUT2D eigenvalue weighted by Crippen LogP contribution is -2.33. The molecule has 2 aromatic rings. The zero-order valence-corrected chi connectivity index (χ0v) is 12.4. The molecule has 0 spiro atoms. The fourth-order valence-corrected chi connectivity index (χ4v) is 3.24. The first-order valence-electron chi connectivity index (χ1n) is 7.76. The topological polar surface area (TPSA) is 29.9 Å². The molecule has 2 atom stereocenters. The maximum Gasteiger partial charge on any atom is 0.123 e. The van der Waals surface area contributed by atoms with E-state index in [4.69, 9.17) is 0 Å². The standard InChI is InChI=1S/C17H22FN3/c1-2-9-21-12-14(10-20-21)16-7-8-19-11-17(16)13-3-5-15(18)6-4-13/h3-6,10,12,16-17,19H,2,7-9,11H2,1H3. The molecule has 0 bridgehead atoms. The Bertz CT molecular complexity index is 576. The SMILES string of the molecule is CCCn1cc(C2CCNCC2c2ccc(F)cc2)cn1. The van der Waals surface area contributed by atoms with E-state index in [1.54, 1.807) is 12.1 Å². The number of piperidine rings is 1. The first-order valence-corrected chi connectivity index (χ1v) is 7.76. The average Bonchev–Trinajstić information content (AvgIpc) is 2.97. The summed E-state index contributed by atoms with van der Waals surface area (Å²) in [4.78, 5) is 0. The van der Waals surface area contributed by atoms with E-state index < -0.39 is 0 Å². The summed E-state index contributed by atoms with van der Waals surface area (Å²) in [7, 11) is 0. The molecule has 1 aliphatic rings. The van der Waals surface area contributed by atoms with E-state index in [2.05, 4.69) is 23.5 Å². The highest BCUT2D eigenvalue weighted by Crippen LogP contribution is 2.37. The van der Waals surface area contributed by atoms with Crippen LogP contribution in [0.4, 0.5) is 4.39 Å². The van der Waals surface area contributed by atoms with Crippen LogP contribution in [0.3, 0.4) is 0 Å². The molecule has 0 radical (unpaired) electrons.